The van der Waals surface area contributed by atoms with Crippen LogP contribution in [0.15, 0.2) is 29.3 Å². The summed E-state index contributed by atoms with van der Waals surface area (Å²) in [5, 5.41) is 8.83. The smallest absolute Gasteiger partial charge is 0.221 e. The van der Waals surface area contributed by atoms with Gasteiger partial charge in [0.2, 0.25) is 5.91 Å². The molecule has 0 heterocycles. The van der Waals surface area contributed by atoms with E-state index < -0.39 is 0 Å². The van der Waals surface area contributed by atoms with Crippen molar-refractivity contribution in [3.63, 3.8) is 0 Å². The third-order valence-electron chi connectivity index (χ3n) is 2.17. The molecule has 0 atom stereocenters. The number of carbonyl (C=O) groups excluding carboxylic acids is 1. The Morgan fingerprint density at radius 1 is 1.41 bits per heavy atom. The van der Waals surface area contributed by atoms with Gasteiger partial charge in [-0.05, 0) is 17.7 Å². The van der Waals surface area contributed by atoms with E-state index in [1.165, 1.54) is 6.92 Å². The molecule has 0 spiro atoms. The lowest BCUT2D eigenvalue weighted by molar-refractivity contribution is -0.114. The van der Waals surface area contributed by atoms with Crippen LogP contribution in [0.1, 0.15) is 12.5 Å². The molecular formula is C12H18N4O. The van der Waals surface area contributed by atoms with E-state index in [2.05, 4.69) is 20.9 Å². The summed E-state index contributed by atoms with van der Waals surface area (Å²) in [4.78, 5) is 14.9. The Morgan fingerprint density at radius 3 is 2.76 bits per heavy atom. The molecule has 5 heteroatoms. The van der Waals surface area contributed by atoms with Gasteiger partial charge in [-0.15, -0.1) is 0 Å². The second-order valence-electron chi connectivity index (χ2n) is 3.56. The first kappa shape index (κ1) is 13.0. The van der Waals surface area contributed by atoms with Gasteiger partial charge in [0.25, 0.3) is 0 Å². The quantitative estimate of drug-likeness (QED) is 0.538. The van der Waals surface area contributed by atoms with Crippen molar-refractivity contribution in [1.82, 2.24) is 10.6 Å². The molecule has 0 aromatic heterocycles. The van der Waals surface area contributed by atoms with E-state index in [0.29, 0.717) is 6.54 Å². The number of aliphatic imine (C=N–C) groups is 1. The topological polar surface area (TPSA) is 65.5 Å². The number of amides is 1. The second kappa shape index (κ2) is 6.52. The lowest BCUT2D eigenvalue weighted by Crippen LogP contribution is -2.34. The highest BCUT2D eigenvalue weighted by Gasteiger charge is 1.99. The van der Waals surface area contributed by atoms with Gasteiger partial charge >= 0.3 is 0 Å². The molecule has 5 nitrogen and oxygen atoms in total. The molecule has 92 valence electrons. The molecule has 0 saturated heterocycles. The molecule has 0 radical (unpaired) electrons. The Morgan fingerprint density at radius 2 is 2.18 bits per heavy atom. The summed E-state index contributed by atoms with van der Waals surface area (Å²) in [6.45, 7) is 2.15. The maximum Gasteiger partial charge on any atom is 0.221 e. The summed E-state index contributed by atoms with van der Waals surface area (Å²) >= 11 is 0. The third kappa shape index (κ3) is 4.55. The molecule has 1 aromatic rings. The van der Waals surface area contributed by atoms with Gasteiger partial charge in [0.15, 0.2) is 5.96 Å². The van der Waals surface area contributed by atoms with Crippen LogP contribution in [0.25, 0.3) is 0 Å². The fourth-order valence-electron chi connectivity index (χ4n) is 1.43. The highest BCUT2D eigenvalue weighted by atomic mass is 16.1. The van der Waals surface area contributed by atoms with Gasteiger partial charge < -0.3 is 16.0 Å². The third-order valence-corrected chi connectivity index (χ3v) is 2.17. The van der Waals surface area contributed by atoms with Gasteiger partial charge in [-0.3, -0.25) is 9.79 Å². The Hall–Kier alpha value is -2.04. The maximum atomic E-state index is 10.9. The molecular weight excluding hydrogens is 216 g/mol. The van der Waals surface area contributed by atoms with Crippen molar-refractivity contribution in [2.75, 3.05) is 19.4 Å². The molecule has 0 bridgehead atoms. The minimum absolute atomic E-state index is 0.0684. The van der Waals surface area contributed by atoms with Crippen molar-refractivity contribution >= 4 is 17.6 Å². The number of hydrogen-bond donors (Lipinski definition) is 3. The van der Waals surface area contributed by atoms with Crippen molar-refractivity contribution in [3.8, 4) is 0 Å². The lowest BCUT2D eigenvalue weighted by atomic mass is 10.2. The zero-order valence-corrected chi connectivity index (χ0v) is 10.4. The Labute approximate surface area is 101 Å². The van der Waals surface area contributed by atoms with Gasteiger partial charge in [0, 0.05) is 33.3 Å². The van der Waals surface area contributed by atoms with Crippen molar-refractivity contribution in [3.05, 3.63) is 29.8 Å². The number of nitrogens with zero attached hydrogens (tertiary/aromatic N) is 1. The van der Waals surface area contributed by atoms with Gasteiger partial charge in [0.05, 0.1) is 0 Å². The van der Waals surface area contributed by atoms with E-state index in [-0.39, 0.29) is 5.91 Å². The summed E-state index contributed by atoms with van der Waals surface area (Å²) in [6, 6.07) is 7.68. The zero-order valence-electron chi connectivity index (χ0n) is 10.4. The van der Waals surface area contributed by atoms with Crippen molar-refractivity contribution in [2.24, 2.45) is 4.99 Å². The predicted octanol–water partition coefficient (Wildman–Crippen LogP) is 0.940. The summed E-state index contributed by atoms with van der Waals surface area (Å²) < 4.78 is 0. The van der Waals surface area contributed by atoms with E-state index in [0.717, 1.165) is 17.2 Å². The van der Waals surface area contributed by atoms with Crippen LogP contribution in [0.3, 0.4) is 0 Å². The van der Waals surface area contributed by atoms with Crippen molar-refractivity contribution < 1.29 is 4.79 Å². The molecule has 1 rings (SSSR count). The average Bonchev–Trinajstić information content (AvgIpc) is 2.30. The Bertz CT molecular complexity index is 415. The fourth-order valence-corrected chi connectivity index (χ4v) is 1.43. The number of rotatable bonds is 3. The van der Waals surface area contributed by atoms with E-state index in [1.54, 1.807) is 7.05 Å². The van der Waals surface area contributed by atoms with E-state index in [9.17, 15) is 4.79 Å². The monoisotopic (exact) mass is 234 g/mol. The number of carbonyl (C=O) groups is 1. The first-order chi connectivity index (χ1) is 8.15. The Balaban J connectivity index is 2.62. The molecule has 0 aliphatic heterocycles. The summed E-state index contributed by atoms with van der Waals surface area (Å²) in [5.74, 6) is 0.663. The van der Waals surface area contributed by atoms with Crippen LogP contribution in [0, 0.1) is 0 Å². The van der Waals surface area contributed by atoms with Gasteiger partial charge in [-0.2, -0.15) is 0 Å². The number of anilines is 1. The van der Waals surface area contributed by atoms with Crippen LogP contribution in [0.4, 0.5) is 5.69 Å². The summed E-state index contributed by atoms with van der Waals surface area (Å²) in [7, 11) is 3.52. The van der Waals surface area contributed by atoms with E-state index in [1.807, 2.05) is 31.3 Å². The summed E-state index contributed by atoms with van der Waals surface area (Å²) in [6.07, 6.45) is 0. The normalized spacial score (nSPS) is 10.9. The van der Waals surface area contributed by atoms with Crippen molar-refractivity contribution in [2.45, 2.75) is 13.5 Å². The second-order valence-corrected chi connectivity index (χ2v) is 3.56. The van der Waals surface area contributed by atoms with Crippen LogP contribution < -0.4 is 16.0 Å². The first-order valence-corrected chi connectivity index (χ1v) is 5.40. The van der Waals surface area contributed by atoms with Crippen LogP contribution in [-0.2, 0) is 11.3 Å². The largest absolute Gasteiger partial charge is 0.359 e. The highest BCUT2D eigenvalue weighted by Crippen LogP contribution is 2.10. The van der Waals surface area contributed by atoms with Crippen LogP contribution >= 0.6 is 0 Å². The average molecular weight is 234 g/mol. The van der Waals surface area contributed by atoms with Crippen LogP contribution in [0.2, 0.25) is 0 Å². The number of hydrogen-bond acceptors (Lipinski definition) is 2. The van der Waals surface area contributed by atoms with Gasteiger partial charge in [0.1, 0.15) is 0 Å². The highest BCUT2D eigenvalue weighted by molar-refractivity contribution is 5.88. The SMILES string of the molecule is CN=C(NC)NCc1cccc(NC(C)=O)c1. The molecule has 1 amide bonds. The molecule has 0 aliphatic rings. The molecule has 1 aromatic carbocycles. The molecule has 17 heavy (non-hydrogen) atoms. The molecule has 0 saturated carbocycles. The number of nitrogens with one attached hydrogen (secondary N) is 3. The van der Waals surface area contributed by atoms with Crippen LogP contribution in [0.5, 0.6) is 0 Å². The zero-order chi connectivity index (χ0) is 12.7. The molecule has 3 N–H and O–H groups in total. The minimum atomic E-state index is -0.0684. The lowest BCUT2D eigenvalue weighted by Gasteiger charge is -2.09. The molecule has 0 aliphatic carbocycles. The number of benzene rings is 1. The number of guanidine groups is 1. The van der Waals surface area contributed by atoms with E-state index in [4.69, 9.17) is 0 Å². The van der Waals surface area contributed by atoms with Crippen LogP contribution in [-0.4, -0.2) is 26.0 Å². The molecule has 0 fully saturated rings. The minimum Gasteiger partial charge on any atom is -0.359 e. The first-order valence-electron chi connectivity index (χ1n) is 5.40. The fraction of sp³-hybridized carbons (Fsp3) is 0.333. The Kier molecular flexibility index (Phi) is 5.00. The molecule has 0 unspecified atom stereocenters. The van der Waals surface area contributed by atoms with E-state index >= 15 is 0 Å². The predicted molar refractivity (Wildman–Crippen MR) is 70.0 cm³/mol. The summed E-state index contributed by atoms with van der Waals surface area (Å²) in [5.41, 5.74) is 1.88. The maximum absolute atomic E-state index is 10.9. The van der Waals surface area contributed by atoms with Crippen molar-refractivity contribution in [1.29, 1.82) is 0 Å². The van der Waals surface area contributed by atoms with Gasteiger partial charge in [-0.1, -0.05) is 12.1 Å². The van der Waals surface area contributed by atoms with Gasteiger partial charge in [-0.25, -0.2) is 0 Å². The standard InChI is InChI=1S/C12H18N4O/c1-9(17)16-11-6-4-5-10(7-11)8-15-12(13-2)14-3/h4-7H,8H2,1-3H3,(H,16,17)(H2,13,14,15).